The molecule has 0 unspecified atom stereocenters. The summed E-state index contributed by atoms with van der Waals surface area (Å²) in [6.45, 7) is 8.56. The smallest absolute Gasteiger partial charge is 0.167 e. The average molecular weight is 352 g/mol. The summed E-state index contributed by atoms with van der Waals surface area (Å²) < 4.78 is 0. The first kappa shape index (κ1) is 17.8. The van der Waals surface area contributed by atoms with Crippen molar-refractivity contribution in [1.29, 1.82) is 0 Å². The van der Waals surface area contributed by atoms with Gasteiger partial charge in [0.05, 0.1) is 5.75 Å². The van der Waals surface area contributed by atoms with Crippen LogP contribution in [0.2, 0.25) is 0 Å². The molecule has 0 bridgehead atoms. The molecule has 0 aliphatic carbocycles. The number of carbonyl (C=O) groups is 1. The molecule has 0 N–H and O–H groups in total. The molecule has 2 aromatic carbocycles. The summed E-state index contributed by atoms with van der Waals surface area (Å²) in [7, 11) is 2.05. The van der Waals surface area contributed by atoms with Crippen LogP contribution in [0.4, 0.5) is 5.69 Å². The zero-order chi connectivity index (χ0) is 18.2. The number of carbonyl (C=O) groups excluding carboxylic acids is 1. The summed E-state index contributed by atoms with van der Waals surface area (Å²) in [5.41, 5.74) is 5.87. The maximum Gasteiger partial charge on any atom is 0.167 e. The lowest BCUT2D eigenvalue weighted by atomic mass is 9.83. The van der Waals surface area contributed by atoms with Crippen LogP contribution in [0.3, 0.4) is 0 Å². The monoisotopic (exact) mass is 351 g/mol. The van der Waals surface area contributed by atoms with E-state index in [4.69, 9.17) is 0 Å². The van der Waals surface area contributed by atoms with E-state index < -0.39 is 0 Å². The summed E-state index contributed by atoms with van der Waals surface area (Å²) in [5, 5.41) is 0. The van der Waals surface area contributed by atoms with E-state index in [-0.39, 0.29) is 11.2 Å². The summed E-state index contributed by atoms with van der Waals surface area (Å²) >= 11 is 1.62. The van der Waals surface area contributed by atoms with Gasteiger partial charge in [-0.1, -0.05) is 49.7 Å². The van der Waals surface area contributed by atoms with Crippen LogP contribution in [0.1, 0.15) is 30.5 Å². The minimum Gasteiger partial charge on any atom is -0.347 e. The van der Waals surface area contributed by atoms with Crippen molar-refractivity contribution in [2.24, 2.45) is 0 Å². The molecule has 1 heterocycles. The minimum atomic E-state index is -0.147. The molecule has 25 heavy (non-hydrogen) atoms. The molecule has 130 valence electrons. The molecule has 3 heteroatoms. The Hall–Kier alpha value is -2.00. The van der Waals surface area contributed by atoms with Crippen molar-refractivity contribution in [2.45, 2.75) is 38.0 Å². The topological polar surface area (TPSA) is 20.3 Å². The molecule has 0 saturated heterocycles. The quantitative estimate of drug-likeness (QED) is 0.552. The fraction of sp³-hybridized carbons (Fsp3) is 0.318. The second-order valence-electron chi connectivity index (χ2n) is 7.25. The standard InChI is InChI=1S/C22H25NOS/c1-15-10-11-20(16(2)12-15)25-14-17(24)13-21-22(3,4)18-8-6-7-9-19(18)23(21)5/h6-13H,14H2,1-5H3. The molecule has 1 aliphatic heterocycles. The second kappa shape index (κ2) is 6.72. The van der Waals surface area contributed by atoms with Gasteiger partial charge < -0.3 is 4.90 Å². The molecule has 2 nitrogen and oxygen atoms in total. The zero-order valence-electron chi connectivity index (χ0n) is 15.6. The molecule has 0 amide bonds. The van der Waals surface area contributed by atoms with Gasteiger partial charge >= 0.3 is 0 Å². The highest BCUT2D eigenvalue weighted by Crippen LogP contribution is 2.46. The van der Waals surface area contributed by atoms with Gasteiger partial charge in [0.1, 0.15) is 0 Å². The zero-order valence-corrected chi connectivity index (χ0v) is 16.4. The first-order valence-electron chi connectivity index (χ1n) is 8.59. The van der Waals surface area contributed by atoms with Gasteiger partial charge in [0, 0.05) is 34.8 Å². The van der Waals surface area contributed by atoms with Crippen molar-refractivity contribution in [2.75, 3.05) is 17.7 Å². The van der Waals surface area contributed by atoms with Gasteiger partial charge in [-0.05, 0) is 37.1 Å². The number of ketones is 1. The number of anilines is 1. The summed E-state index contributed by atoms with van der Waals surface area (Å²) in [6.07, 6.45) is 1.83. The van der Waals surface area contributed by atoms with Crippen LogP contribution in [0.15, 0.2) is 59.1 Å². The van der Waals surface area contributed by atoms with E-state index in [0.29, 0.717) is 5.75 Å². The number of allylic oxidation sites excluding steroid dienone is 2. The van der Waals surface area contributed by atoms with Gasteiger partial charge in [-0.3, -0.25) is 4.79 Å². The Labute approximate surface area is 154 Å². The van der Waals surface area contributed by atoms with E-state index in [1.54, 1.807) is 11.8 Å². The Kier molecular flexibility index (Phi) is 4.79. The second-order valence-corrected chi connectivity index (χ2v) is 8.27. The lowest BCUT2D eigenvalue weighted by Crippen LogP contribution is -2.24. The minimum absolute atomic E-state index is 0.147. The van der Waals surface area contributed by atoms with Crippen molar-refractivity contribution in [3.8, 4) is 0 Å². The third kappa shape index (κ3) is 3.38. The Morgan fingerprint density at radius 1 is 1.16 bits per heavy atom. The van der Waals surface area contributed by atoms with E-state index in [9.17, 15) is 4.79 Å². The summed E-state index contributed by atoms with van der Waals surface area (Å²) in [4.78, 5) is 15.9. The highest BCUT2D eigenvalue weighted by Gasteiger charge is 2.38. The molecule has 0 radical (unpaired) electrons. The fourth-order valence-electron chi connectivity index (χ4n) is 3.56. The number of nitrogens with zero attached hydrogens (tertiary/aromatic N) is 1. The molecule has 3 rings (SSSR count). The van der Waals surface area contributed by atoms with Crippen LogP contribution < -0.4 is 4.90 Å². The van der Waals surface area contributed by atoms with Crippen LogP contribution in [-0.2, 0) is 10.2 Å². The summed E-state index contributed by atoms with van der Waals surface area (Å²) in [6, 6.07) is 14.8. The molecule has 1 aliphatic rings. The molecule has 0 atom stereocenters. The Morgan fingerprint density at radius 3 is 2.56 bits per heavy atom. The van der Waals surface area contributed by atoms with E-state index in [0.717, 1.165) is 5.70 Å². The number of aryl methyl sites for hydroxylation is 2. The van der Waals surface area contributed by atoms with Crippen molar-refractivity contribution in [3.63, 3.8) is 0 Å². The number of hydrogen-bond donors (Lipinski definition) is 0. The lowest BCUT2D eigenvalue weighted by Gasteiger charge is -2.24. The Balaban J connectivity index is 1.78. The molecular formula is C22H25NOS. The van der Waals surface area contributed by atoms with Crippen LogP contribution in [0, 0.1) is 13.8 Å². The molecular weight excluding hydrogens is 326 g/mol. The average Bonchev–Trinajstić information content (AvgIpc) is 2.75. The van der Waals surface area contributed by atoms with E-state index in [1.807, 2.05) is 19.2 Å². The van der Waals surface area contributed by atoms with E-state index in [1.165, 1.54) is 27.3 Å². The number of para-hydroxylation sites is 1. The normalized spacial score (nSPS) is 17.0. The number of fused-ring (bicyclic) bond motifs is 1. The molecule has 0 saturated carbocycles. The highest BCUT2D eigenvalue weighted by atomic mass is 32.2. The fourth-order valence-corrected chi connectivity index (χ4v) is 4.40. The third-order valence-electron chi connectivity index (χ3n) is 4.94. The number of rotatable bonds is 4. The lowest BCUT2D eigenvalue weighted by molar-refractivity contribution is -0.112. The SMILES string of the molecule is Cc1ccc(SCC(=O)C=C2N(C)c3ccccc3C2(C)C)c(C)c1. The summed E-state index contributed by atoms with van der Waals surface area (Å²) in [5.74, 6) is 0.626. The number of thioether (sulfide) groups is 1. The van der Waals surface area contributed by atoms with Gasteiger partial charge in [-0.25, -0.2) is 0 Å². The maximum absolute atomic E-state index is 12.6. The van der Waals surface area contributed by atoms with Gasteiger partial charge in [0.25, 0.3) is 0 Å². The first-order chi connectivity index (χ1) is 11.8. The largest absolute Gasteiger partial charge is 0.347 e. The predicted molar refractivity (Wildman–Crippen MR) is 108 cm³/mol. The van der Waals surface area contributed by atoms with Crippen LogP contribution in [0.25, 0.3) is 0 Å². The van der Waals surface area contributed by atoms with Crippen molar-refractivity contribution in [3.05, 3.63) is 70.9 Å². The van der Waals surface area contributed by atoms with Gasteiger partial charge in [-0.2, -0.15) is 0 Å². The Morgan fingerprint density at radius 2 is 1.88 bits per heavy atom. The molecule has 0 fully saturated rings. The van der Waals surface area contributed by atoms with Crippen LogP contribution in [0.5, 0.6) is 0 Å². The molecule has 2 aromatic rings. The van der Waals surface area contributed by atoms with Gasteiger partial charge in [0.15, 0.2) is 5.78 Å². The molecule has 0 spiro atoms. The van der Waals surface area contributed by atoms with E-state index in [2.05, 4.69) is 69.0 Å². The van der Waals surface area contributed by atoms with Crippen LogP contribution >= 0.6 is 11.8 Å². The van der Waals surface area contributed by atoms with Crippen molar-refractivity contribution in [1.82, 2.24) is 0 Å². The molecule has 0 aromatic heterocycles. The van der Waals surface area contributed by atoms with E-state index >= 15 is 0 Å². The predicted octanol–water partition coefficient (Wildman–Crippen LogP) is 5.28. The van der Waals surface area contributed by atoms with Crippen molar-refractivity contribution >= 4 is 23.2 Å². The van der Waals surface area contributed by atoms with Gasteiger partial charge in [-0.15, -0.1) is 11.8 Å². The Bertz CT molecular complexity index is 851. The number of benzene rings is 2. The number of hydrogen-bond acceptors (Lipinski definition) is 3. The van der Waals surface area contributed by atoms with Crippen LogP contribution in [-0.4, -0.2) is 18.6 Å². The first-order valence-corrected chi connectivity index (χ1v) is 9.57. The van der Waals surface area contributed by atoms with Gasteiger partial charge in [0.2, 0.25) is 0 Å². The third-order valence-corrected chi connectivity index (χ3v) is 6.14. The highest BCUT2D eigenvalue weighted by molar-refractivity contribution is 8.00. The van der Waals surface area contributed by atoms with Crippen molar-refractivity contribution < 1.29 is 4.79 Å². The maximum atomic E-state index is 12.6. The number of likely N-dealkylation sites (N-methyl/N-ethyl adjacent to an activating group) is 1.